The molecule has 136 valence electrons. The van der Waals surface area contributed by atoms with Gasteiger partial charge in [0.05, 0.1) is 5.54 Å². The van der Waals surface area contributed by atoms with Gasteiger partial charge in [0.2, 0.25) is 5.91 Å². The summed E-state index contributed by atoms with van der Waals surface area (Å²) in [4.78, 5) is 23.2. The van der Waals surface area contributed by atoms with Gasteiger partial charge in [-0.05, 0) is 32.6 Å². The van der Waals surface area contributed by atoms with Crippen molar-refractivity contribution in [3.05, 3.63) is 18.1 Å². The number of nitrogens with two attached hydrogens (primary N) is 1. The molecule has 1 aromatic heterocycles. The lowest BCUT2D eigenvalue weighted by Gasteiger charge is -2.35. The Hall–Kier alpha value is -1.40. The van der Waals surface area contributed by atoms with Crippen LogP contribution in [0.4, 0.5) is 5.82 Å². The molecule has 1 amide bonds. The van der Waals surface area contributed by atoms with Crippen LogP contribution in [-0.4, -0.2) is 40.5 Å². The number of halogens is 1. The van der Waals surface area contributed by atoms with Crippen LogP contribution in [0.25, 0.3) is 0 Å². The third kappa shape index (κ3) is 5.31. The first-order valence-electron chi connectivity index (χ1n) is 8.62. The molecule has 1 fully saturated rings. The maximum atomic E-state index is 12.3. The highest BCUT2D eigenvalue weighted by Crippen LogP contribution is 2.19. The third-order valence-electron chi connectivity index (χ3n) is 4.51. The van der Waals surface area contributed by atoms with Gasteiger partial charge in [-0.2, -0.15) is 0 Å². The molecule has 0 aromatic carbocycles. The number of amides is 1. The minimum atomic E-state index is -0.769. The van der Waals surface area contributed by atoms with E-state index in [0.29, 0.717) is 6.42 Å². The van der Waals surface area contributed by atoms with E-state index >= 15 is 0 Å². The van der Waals surface area contributed by atoms with Crippen LogP contribution in [0, 0.1) is 0 Å². The van der Waals surface area contributed by atoms with Crippen molar-refractivity contribution in [1.82, 2.24) is 15.3 Å². The summed E-state index contributed by atoms with van der Waals surface area (Å²) in [6.07, 6.45) is 5.99. The number of nitrogens with zero attached hydrogens (tertiary/aromatic N) is 3. The number of nitrogens with one attached hydrogen (secondary N) is 1. The van der Waals surface area contributed by atoms with Gasteiger partial charge in [0.15, 0.2) is 0 Å². The zero-order valence-corrected chi connectivity index (χ0v) is 15.7. The molecule has 1 unspecified atom stereocenters. The summed E-state index contributed by atoms with van der Waals surface area (Å²) < 4.78 is 0. The second kappa shape index (κ2) is 9.18. The van der Waals surface area contributed by atoms with Crippen molar-refractivity contribution in [2.75, 3.05) is 18.0 Å². The van der Waals surface area contributed by atoms with E-state index in [1.54, 1.807) is 6.33 Å². The molecule has 0 bridgehead atoms. The first kappa shape index (κ1) is 20.6. The molecule has 3 N–H and O–H groups in total. The Bertz CT molecular complexity index is 529. The number of hydrogen-bond acceptors (Lipinski definition) is 5. The Balaban J connectivity index is 0.00000288. The summed E-state index contributed by atoms with van der Waals surface area (Å²) >= 11 is 0. The molecule has 1 saturated heterocycles. The van der Waals surface area contributed by atoms with Crippen LogP contribution in [-0.2, 0) is 11.2 Å². The summed E-state index contributed by atoms with van der Waals surface area (Å²) in [6, 6.07) is 2.25. The second-order valence-electron chi connectivity index (χ2n) is 6.62. The predicted octanol–water partition coefficient (Wildman–Crippen LogP) is 2.06. The molecule has 0 saturated carbocycles. The highest BCUT2D eigenvalue weighted by molar-refractivity contribution is 5.86. The van der Waals surface area contributed by atoms with E-state index in [2.05, 4.69) is 33.2 Å². The molecule has 0 spiro atoms. The van der Waals surface area contributed by atoms with Gasteiger partial charge in [-0.25, -0.2) is 9.97 Å². The molecule has 6 nitrogen and oxygen atoms in total. The van der Waals surface area contributed by atoms with Crippen molar-refractivity contribution in [2.45, 2.75) is 64.5 Å². The fraction of sp³-hybridized carbons (Fsp3) is 0.706. The zero-order chi connectivity index (χ0) is 16.9. The molecule has 24 heavy (non-hydrogen) atoms. The minimum absolute atomic E-state index is 0. The standard InChI is InChI=1S/C17H29N5O.ClH/c1-4-8-17(3,18)16(23)21-14-6-9-22(10-7-14)15-11-13(5-2)19-12-20-15;/h11-12,14H,4-10,18H2,1-3H3,(H,21,23);1H. The molecule has 1 atom stereocenters. The number of rotatable bonds is 6. The largest absolute Gasteiger partial charge is 0.356 e. The average Bonchev–Trinajstić information content (AvgIpc) is 2.55. The van der Waals surface area contributed by atoms with E-state index in [1.165, 1.54) is 0 Å². The number of hydrogen-bond donors (Lipinski definition) is 2. The van der Waals surface area contributed by atoms with E-state index in [4.69, 9.17) is 5.73 Å². The van der Waals surface area contributed by atoms with Crippen molar-refractivity contribution >= 4 is 24.1 Å². The Morgan fingerprint density at radius 1 is 1.38 bits per heavy atom. The van der Waals surface area contributed by atoms with Crippen molar-refractivity contribution in [1.29, 1.82) is 0 Å². The van der Waals surface area contributed by atoms with Gasteiger partial charge in [-0.3, -0.25) is 4.79 Å². The smallest absolute Gasteiger partial charge is 0.240 e. The fourth-order valence-electron chi connectivity index (χ4n) is 2.99. The molecule has 2 heterocycles. The lowest BCUT2D eigenvalue weighted by Crippen LogP contribution is -2.55. The van der Waals surface area contributed by atoms with Gasteiger partial charge in [-0.15, -0.1) is 12.4 Å². The Kier molecular flexibility index (Phi) is 7.90. The summed E-state index contributed by atoms with van der Waals surface area (Å²) in [5.41, 5.74) is 6.39. The summed E-state index contributed by atoms with van der Waals surface area (Å²) in [7, 11) is 0. The summed E-state index contributed by atoms with van der Waals surface area (Å²) in [5.74, 6) is 0.948. The van der Waals surface area contributed by atoms with Crippen LogP contribution >= 0.6 is 12.4 Å². The Labute approximate surface area is 151 Å². The second-order valence-corrected chi connectivity index (χ2v) is 6.62. The Morgan fingerprint density at radius 3 is 2.62 bits per heavy atom. The van der Waals surface area contributed by atoms with Crippen LogP contribution in [0.3, 0.4) is 0 Å². The van der Waals surface area contributed by atoms with Gasteiger partial charge >= 0.3 is 0 Å². The first-order valence-corrected chi connectivity index (χ1v) is 8.62. The number of carbonyl (C=O) groups excluding carboxylic acids is 1. The minimum Gasteiger partial charge on any atom is -0.356 e. The average molecular weight is 356 g/mol. The lowest BCUT2D eigenvalue weighted by atomic mass is 9.95. The highest BCUT2D eigenvalue weighted by Gasteiger charge is 2.30. The molecule has 1 aliphatic rings. The van der Waals surface area contributed by atoms with Gasteiger partial charge in [0, 0.05) is 30.9 Å². The molecule has 7 heteroatoms. The molecule has 0 radical (unpaired) electrons. The number of anilines is 1. The third-order valence-corrected chi connectivity index (χ3v) is 4.51. The van der Waals surface area contributed by atoms with E-state index in [1.807, 2.05) is 13.8 Å². The lowest BCUT2D eigenvalue weighted by molar-refractivity contribution is -0.126. The predicted molar refractivity (Wildman–Crippen MR) is 99.5 cm³/mol. The zero-order valence-electron chi connectivity index (χ0n) is 14.9. The summed E-state index contributed by atoms with van der Waals surface area (Å²) in [5, 5.41) is 3.12. The highest BCUT2D eigenvalue weighted by atomic mass is 35.5. The molecule has 1 aromatic rings. The molecule has 0 aliphatic carbocycles. The number of carbonyl (C=O) groups is 1. The van der Waals surface area contributed by atoms with Crippen molar-refractivity contribution in [3.63, 3.8) is 0 Å². The maximum absolute atomic E-state index is 12.3. The van der Waals surface area contributed by atoms with Crippen molar-refractivity contribution in [3.8, 4) is 0 Å². The van der Waals surface area contributed by atoms with E-state index in [-0.39, 0.29) is 24.4 Å². The fourth-order valence-corrected chi connectivity index (χ4v) is 2.99. The van der Waals surface area contributed by atoms with Gasteiger partial charge < -0.3 is 16.0 Å². The van der Waals surface area contributed by atoms with Crippen LogP contribution < -0.4 is 16.0 Å². The number of aromatic nitrogens is 2. The topological polar surface area (TPSA) is 84.1 Å². The molecular weight excluding hydrogens is 326 g/mol. The number of aryl methyl sites for hydroxylation is 1. The SMILES string of the molecule is CCCC(C)(N)C(=O)NC1CCN(c2cc(CC)ncn2)CC1.Cl. The van der Waals surface area contributed by atoms with E-state index in [0.717, 1.165) is 50.3 Å². The van der Waals surface area contributed by atoms with Crippen molar-refractivity contribution in [2.24, 2.45) is 5.73 Å². The molecule has 2 rings (SSSR count). The molecule has 1 aliphatic heterocycles. The first-order chi connectivity index (χ1) is 11.0. The maximum Gasteiger partial charge on any atom is 0.240 e. The normalized spacial score (nSPS) is 17.8. The monoisotopic (exact) mass is 355 g/mol. The van der Waals surface area contributed by atoms with Gasteiger partial charge in [0.1, 0.15) is 12.1 Å². The van der Waals surface area contributed by atoms with Crippen molar-refractivity contribution < 1.29 is 4.79 Å². The van der Waals surface area contributed by atoms with Gasteiger partial charge in [0.25, 0.3) is 0 Å². The summed E-state index contributed by atoms with van der Waals surface area (Å²) in [6.45, 7) is 7.73. The van der Waals surface area contributed by atoms with Crippen LogP contribution in [0.15, 0.2) is 12.4 Å². The van der Waals surface area contributed by atoms with Crippen LogP contribution in [0.2, 0.25) is 0 Å². The number of piperidine rings is 1. The van der Waals surface area contributed by atoms with E-state index < -0.39 is 5.54 Å². The van der Waals surface area contributed by atoms with E-state index in [9.17, 15) is 4.79 Å². The van der Waals surface area contributed by atoms with Gasteiger partial charge in [-0.1, -0.05) is 20.3 Å². The molecular formula is C17H30ClN5O. The Morgan fingerprint density at radius 2 is 2.04 bits per heavy atom. The van der Waals surface area contributed by atoms with Crippen LogP contribution in [0.1, 0.15) is 52.1 Å². The quantitative estimate of drug-likeness (QED) is 0.816. The van der Waals surface area contributed by atoms with Crippen LogP contribution in [0.5, 0.6) is 0 Å².